The maximum Gasteiger partial charge on any atom is 0.318 e. The zero-order chi connectivity index (χ0) is 18.4. The molecule has 3 N–H and O–H groups in total. The van der Waals surface area contributed by atoms with Crippen molar-refractivity contribution in [3.63, 3.8) is 0 Å². The van der Waals surface area contributed by atoms with Crippen LogP contribution in [0.15, 0.2) is 29.6 Å². The first kappa shape index (κ1) is 18.6. The van der Waals surface area contributed by atoms with E-state index < -0.39 is 24.0 Å². The molecule has 7 nitrogen and oxygen atoms in total. The fraction of sp³-hybridized carbons (Fsp3) is 0.294. The number of primary amides is 1. The number of ether oxygens (including phenoxy) is 1. The predicted octanol–water partition coefficient (Wildman–Crippen LogP) is 2.04. The molecule has 2 rings (SSSR count). The molecule has 8 heteroatoms. The smallest absolute Gasteiger partial charge is 0.318 e. The number of aryl methyl sites for hydroxylation is 1. The summed E-state index contributed by atoms with van der Waals surface area (Å²) in [5.41, 5.74) is 7.63. The van der Waals surface area contributed by atoms with Gasteiger partial charge in [0.15, 0.2) is 6.10 Å². The van der Waals surface area contributed by atoms with Crippen LogP contribution in [0, 0.1) is 0 Å². The number of carbonyl (C=O) groups excluding carboxylic acids is 3. The Morgan fingerprint density at radius 1 is 1.28 bits per heavy atom. The van der Waals surface area contributed by atoms with Crippen molar-refractivity contribution in [3.8, 4) is 10.6 Å². The van der Waals surface area contributed by atoms with E-state index in [1.807, 2.05) is 29.6 Å². The summed E-state index contributed by atoms with van der Waals surface area (Å²) in [5.74, 6) is -1.37. The molecule has 132 valence electrons. The van der Waals surface area contributed by atoms with Crippen LogP contribution in [0.5, 0.6) is 0 Å². The first-order chi connectivity index (χ1) is 11.9. The minimum Gasteiger partial charge on any atom is -0.452 e. The lowest BCUT2D eigenvalue weighted by molar-refractivity contribution is -0.153. The van der Waals surface area contributed by atoms with E-state index in [0.29, 0.717) is 5.69 Å². The van der Waals surface area contributed by atoms with Crippen molar-refractivity contribution in [2.75, 3.05) is 0 Å². The number of nitrogens with two attached hydrogens (primary N) is 1. The molecular formula is C17H19N3O4S. The Morgan fingerprint density at radius 2 is 1.96 bits per heavy atom. The summed E-state index contributed by atoms with van der Waals surface area (Å²) >= 11 is 1.43. The normalized spacial score (nSPS) is 11.6. The molecule has 25 heavy (non-hydrogen) atoms. The third-order valence-electron chi connectivity index (χ3n) is 3.41. The number of esters is 1. The largest absolute Gasteiger partial charge is 0.452 e. The number of benzene rings is 1. The van der Waals surface area contributed by atoms with E-state index in [0.717, 1.165) is 17.0 Å². The van der Waals surface area contributed by atoms with Gasteiger partial charge in [-0.2, -0.15) is 0 Å². The Labute approximate surface area is 149 Å². The van der Waals surface area contributed by atoms with Crippen molar-refractivity contribution in [2.24, 2.45) is 5.73 Å². The Morgan fingerprint density at radius 3 is 2.56 bits per heavy atom. The molecular weight excluding hydrogens is 342 g/mol. The SMILES string of the molecule is CCc1ccc(-c2nc(CC(=O)O[C@@H](C)C(=O)NC(N)=O)cs2)cc1. The lowest BCUT2D eigenvalue weighted by Gasteiger charge is -2.11. The molecule has 0 aliphatic rings. The van der Waals surface area contributed by atoms with E-state index >= 15 is 0 Å². The van der Waals surface area contributed by atoms with Gasteiger partial charge < -0.3 is 10.5 Å². The van der Waals surface area contributed by atoms with Crippen LogP contribution in [0.4, 0.5) is 4.79 Å². The number of imide groups is 1. The summed E-state index contributed by atoms with van der Waals surface area (Å²) in [6, 6.07) is 7.09. The molecule has 0 bridgehead atoms. The molecule has 1 aromatic heterocycles. The van der Waals surface area contributed by atoms with Gasteiger partial charge in [-0.3, -0.25) is 14.9 Å². The fourth-order valence-corrected chi connectivity index (χ4v) is 2.89. The molecule has 0 fully saturated rings. The minimum absolute atomic E-state index is 0.0578. The van der Waals surface area contributed by atoms with E-state index in [-0.39, 0.29) is 6.42 Å². The van der Waals surface area contributed by atoms with Crippen LogP contribution in [-0.4, -0.2) is 29.0 Å². The molecule has 1 aromatic carbocycles. The third kappa shape index (κ3) is 5.39. The van der Waals surface area contributed by atoms with Crippen molar-refractivity contribution < 1.29 is 19.1 Å². The molecule has 2 aromatic rings. The highest BCUT2D eigenvalue weighted by Crippen LogP contribution is 2.24. The van der Waals surface area contributed by atoms with Crippen molar-refractivity contribution in [1.82, 2.24) is 10.3 Å². The number of nitrogens with one attached hydrogen (secondary N) is 1. The van der Waals surface area contributed by atoms with E-state index in [9.17, 15) is 14.4 Å². The van der Waals surface area contributed by atoms with Crippen molar-refractivity contribution >= 4 is 29.2 Å². The quantitative estimate of drug-likeness (QED) is 0.765. The van der Waals surface area contributed by atoms with Gasteiger partial charge in [0.2, 0.25) is 0 Å². The summed E-state index contributed by atoms with van der Waals surface area (Å²) in [5, 5.41) is 4.44. The molecule has 1 heterocycles. The third-order valence-corrected chi connectivity index (χ3v) is 4.35. The van der Waals surface area contributed by atoms with Crippen molar-refractivity contribution in [1.29, 1.82) is 0 Å². The molecule has 3 amide bonds. The molecule has 0 saturated heterocycles. The number of hydrogen-bond donors (Lipinski definition) is 2. The Balaban J connectivity index is 1.94. The predicted molar refractivity (Wildman–Crippen MR) is 93.9 cm³/mol. The molecule has 1 atom stereocenters. The first-order valence-corrected chi connectivity index (χ1v) is 8.60. The number of thiazole rings is 1. The van der Waals surface area contributed by atoms with Crippen LogP contribution < -0.4 is 11.1 Å². The summed E-state index contributed by atoms with van der Waals surface area (Å²) < 4.78 is 4.97. The van der Waals surface area contributed by atoms with Gasteiger partial charge >= 0.3 is 12.0 Å². The van der Waals surface area contributed by atoms with Gasteiger partial charge in [0.25, 0.3) is 5.91 Å². The van der Waals surface area contributed by atoms with Crippen LogP contribution in [0.2, 0.25) is 0 Å². The topological polar surface area (TPSA) is 111 Å². The number of carbonyl (C=O) groups is 3. The average Bonchev–Trinajstić information content (AvgIpc) is 3.02. The summed E-state index contributed by atoms with van der Waals surface area (Å²) in [6.07, 6.45) is -0.200. The van der Waals surface area contributed by atoms with E-state index in [4.69, 9.17) is 10.5 Å². The number of aromatic nitrogens is 1. The Hall–Kier alpha value is -2.74. The Kier molecular flexibility index (Phi) is 6.24. The van der Waals surface area contributed by atoms with Crippen LogP contribution in [-0.2, 0) is 27.2 Å². The highest BCUT2D eigenvalue weighted by Gasteiger charge is 2.20. The highest BCUT2D eigenvalue weighted by molar-refractivity contribution is 7.13. The number of hydrogen-bond acceptors (Lipinski definition) is 6. The van der Waals surface area contributed by atoms with Gasteiger partial charge in [0.05, 0.1) is 12.1 Å². The first-order valence-electron chi connectivity index (χ1n) is 7.72. The molecule has 0 radical (unpaired) electrons. The van der Waals surface area contributed by atoms with Crippen LogP contribution in [0.3, 0.4) is 0 Å². The van der Waals surface area contributed by atoms with E-state index in [1.54, 1.807) is 5.38 Å². The second kappa shape index (κ2) is 8.39. The lowest BCUT2D eigenvalue weighted by atomic mass is 10.1. The van der Waals surface area contributed by atoms with Crippen LogP contribution in [0.25, 0.3) is 10.6 Å². The van der Waals surface area contributed by atoms with Gasteiger partial charge in [-0.25, -0.2) is 9.78 Å². The monoisotopic (exact) mass is 361 g/mol. The molecule has 0 aliphatic heterocycles. The second-order valence-electron chi connectivity index (χ2n) is 5.36. The van der Waals surface area contributed by atoms with Gasteiger partial charge in [-0.1, -0.05) is 31.2 Å². The van der Waals surface area contributed by atoms with Gasteiger partial charge in [0, 0.05) is 10.9 Å². The summed E-state index contributed by atoms with van der Waals surface area (Å²) in [6.45, 7) is 3.45. The zero-order valence-electron chi connectivity index (χ0n) is 13.9. The Bertz CT molecular complexity index is 770. The van der Waals surface area contributed by atoms with Gasteiger partial charge in [0.1, 0.15) is 5.01 Å². The maximum absolute atomic E-state index is 11.9. The molecule has 0 aliphatic carbocycles. The number of urea groups is 1. The summed E-state index contributed by atoms with van der Waals surface area (Å²) in [4.78, 5) is 38.4. The maximum atomic E-state index is 11.9. The second-order valence-corrected chi connectivity index (χ2v) is 6.21. The number of amides is 3. The minimum atomic E-state index is -1.11. The molecule has 0 spiro atoms. The summed E-state index contributed by atoms with van der Waals surface area (Å²) in [7, 11) is 0. The number of rotatable bonds is 6. The van der Waals surface area contributed by atoms with E-state index in [1.165, 1.54) is 23.8 Å². The average molecular weight is 361 g/mol. The number of nitrogens with zero attached hydrogens (tertiary/aromatic N) is 1. The zero-order valence-corrected chi connectivity index (χ0v) is 14.8. The molecule has 0 unspecified atom stereocenters. The van der Waals surface area contributed by atoms with Crippen molar-refractivity contribution in [3.05, 3.63) is 40.9 Å². The van der Waals surface area contributed by atoms with Crippen molar-refractivity contribution in [2.45, 2.75) is 32.8 Å². The van der Waals surface area contributed by atoms with Gasteiger partial charge in [-0.05, 0) is 18.9 Å². The molecule has 0 saturated carbocycles. The standard InChI is InChI=1S/C17H19N3O4S/c1-3-11-4-6-12(7-5-11)16-19-13(9-25-16)8-14(21)24-10(2)15(22)20-17(18)23/h4-7,9-10H,3,8H2,1-2H3,(H3,18,20,22,23)/t10-/m0/s1. The van der Waals surface area contributed by atoms with E-state index in [2.05, 4.69) is 11.9 Å². The van der Waals surface area contributed by atoms with Crippen LogP contribution in [0.1, 0.15) is 25.1 Å². The van der Waals surface area contributed by atoms with Crippen LogP contribution >= 0.6 is 11.3 Å². The highest BCUT2D eigenvalue weighted by atomic mass is 32.1. The lowest BCUT2D eigenvalue weighted by Crippen LogP contribution is -2.42. The van der Waals surface area contributed by atoms with Gasteiger partial charge in [-0.15, -0.1) is 11.3 Å². The fourth-order valence-electron chi connectivity index (χ4n) is 2.07.